The smallest absolute Gasteiger partial charge is 0.348 e. The SMILES string of the molecule is CCCC(CN)NC(=O)c1ccc(Br)cc1C(F)(F)F. The first-order valence-electron chi connectivity index (χ1n) is 6.17. The van der Waals surface area contributed by atoms with Gasteiger partial charge in [-0.05, 0) is 24.6 Å². The molecular formula is C13H16BrF3N2O. The van der Waals surface area contributed by atoms with Gasteiger partial charge in [-0.1, -0.05) is 29.3 Å². The summed E-state index contributed by atoms with van der Waals surface area (Å²) in [5, 5.41) is 2.54. The summed E-state index contributed by atoms with van der Waals surface area (Å²) in [6.45, 7) is 2.10. The standard InChI is InChI=1S/C13H16BrF3N2O/c1-2-3-9(7-18)19-12(20)10-5-4-8(14)6-11(10)13(15,16)17/h4-6,9H,2-3,7,18H2,1H3,(H,19,20). The number of benzene rings is 1. The zero-order valence-corrected chi connectivity index (χ0v) is 12.5. The van der Waals surface area contributed by atoms with Crippen LogP contribution in [0.3, 0.4) is 0 Å². The molecule has 0 saturated heterocycles. The quantitative estimate of drug-likeness (QED) is 0.853. The Labute approximate surface area is 123 Å². The highest BCUT2D eigenvalue weighted by atomic mass is 79.9. The van der Waals surface area contributed by atoms with Crippen LogP contribution in [0, 0.1) is 0 Å². The van der Waals surface area contributed by atoms with E-state index in [1.54, 1.807) is 0 Å². The van der Waals surface area contributed by atoms with Gasteiger partial charge in [-0.2, -0.15) is 13.2 Å². The summed E-state index contributed by atoms with van der Waals surface area (Å²) in [6, 6.07) is 3.13. The molecule has 7 heteroatoms. The zero-order chi connectivity index (χ0) is 15.3. The Morgan fingerprint density at radius 2 is 2.10 bits per heavy atom. The molecule has 0 aliphatic heterocycles. The number of nitrogens with one attached hydrogen (secondary N) is 1. The Morgan fingerprint density at radius 1 is 1.45 bits per heavy atom. The van der Waals surface area contributed by atoms with Gasteiger partial charge in [0.2, 0.25) is 0 Å². The topological polar surface area (TPSA) is 55.1 Å². The molecule has 3 nitrogen and oxygen atoms in total. The van der Waals surface area contributed by atoms with Gasteiger partial charge in [0.1, 0.15) is 0 Å². The van der Waals surface area contributed by atoms with Crippen LogP contribution in [0.25, 0.3) is 0 Å². The lowest BCUT2D eigenvalue weighted by molar-refractivity contribution is -0.138. The lowest BCUT2D eigenvalue weighted by Gasteiger charge is -2.18. The highest BCUT2D eigenvalue weighted by Gasteiger charge is 2.35. The number of hydrogen-bond acceptors (Lipinski definition) is 2. The van der Waals surface area contributed by atoms with Crippen molar-refractivity contribution < 1.29 is 18.0 Å². The van der Waals surface area contributed by atoms with E-state index in [1.165, 1.54) is 6.07 Å². The van der Waals surface area contributed by atoms with E-state index in [0.29, 0.717) is 6.42 Å². The van der Waals surface area contributed by atoms with E-state index in [9.17, 15) is 18.0 Å². The van der Waals surface area contributed by atoms with Crippen LogP contribution < -0.4 is 11.1 Å². The van der Waals surface area contributed by atoms with Crippen molar-refractivity contribution >= 4 is 21.8 Å². The predicted octanol–water partition coefficient (Wildman–Crippen LogP) is 3.33. The number of nitrogens with two attached hydrogens (primary N) is 1. The van der Waals surface area contributed by atoms with Gasteiger partial charge < -0.3 is 11.1 Å². The third kappa shape index (κ3) is 4.49. The molecule has 1 unspecified atom stereocenters. The summed E-state index contributed by atoms with van der Waals surface area (Å²) in [5.74, 6) is -0.756. The van der Waals surface area contributed by atoms with Crippen molar-refractivity contribution in [2.75, 3.05) is 6.54 Å². The molecule has 0 aromatic heterocycles. The van der Waals surface area contributed by atoms with E-state index in [4.69, 9.17) is 5.73 Å². The lowest BCUT2D eigenvalue weighted by atomic mass is 10.1. The number of halogens is 4. The average molecular weight is 353 g/mol. The second-order valence-electron chi connectivity index (χ2n) is 4.38. The molecule has 0 saturated carbocycles. The molecule has 0 fully saturated rings. The number of hydrogen-bond donors (Lipinski definition) is 2. The largest absolute Gasteiger partial charge is 0.417 e. The number of amides is 1. The monoisotopic (exact) mass is 352 g/mol. The molecule has 3 N–H and O–H groups in total. The first-order chi connectivity index (χ1) is 9.29. The molecule has 0 radical (unpaired) electrons. The van der Waals surface area contributed by atoms with Gasteiger partial charge in [0.15, 0.2) is 0 Å². The zero-order valence-electron chi connectivity index (χ0n) is 10.9. The number of rotatable bonds is 5. The molecule has 1 aromatic rings. The van der Waals surface area contributed by atoms with Crippen LogP contribution in [0.2, 0.25) is 0 Å². The fraction of sp³-hybridized carbons (Fsp3) is 0.462. The van der Waals surface area contributed by atoms with Gasteiger partial charge in [0, 0.05) is 17.1 Å². The van der Waals surface area contributed by atoms with Crippen molar-refractivity contribution in [2.24, 2.45) is 5.73 Å². The first kappa shape index (κ1) is 17.0. The van der Waals surface area contributed by atoms with Gasteiger partial charge >= 0.3 is 6.18 Å². The summed E-state index contributed by atoms with van der Waals surface area (Å²) in [5.41, 5.74) is 4.13. The normalized spacial score (nSPS) is 13.1. The first-order valence-corrected chi connectivity index (χ1v) is 6.96. The molecule has 0 spiro atoms. The summed E-state index contributed by atoms with van der Waals surface area (Å²) < 4.78 is 39.1. The van der Waals surface area contributed by atoms with Crippen molar-refractivity contribution in [3.63, 3.8) is 0 Å². The molecule has 20 heavy (non-hydrogen) atoms. The van der Waals surface area contributed by atoms with Crippen molar-refractivity contribution in [2.45, 2.75) is 32.0 Å². The van der Waals surface area contributed by atoms with Gasteiger partial charge in [-0.25, -0.2) is 0 Å². The van der Waals surface area contributed by atoms with Crippen LogP contribution in [0.15, 0.2) is 22.7 Å². The molecular weight excluding hydrogens is 337 g/mol. The molecule has 1 rings (SSSR count). The van der Waals surface area contributed by atoms with Crippen LogP contribution in [0.4, 0.5) is 13.2 Å². The van der Waals surface area contributed by atoms with E-state index in [2.05, 4.69) is 21.2 Å². The second-order valence-corrected chi connectivity index (χ2v) is 5.30. The van der Waals surface area contributed by atoms with Crippen LogP contribution in [-0.2, 0) is 6.18 Å². The van der Waals surface area contributed by atoms with Gasteiger partial charge in [-0.3, -0.25) is 4.79 Å². The van der Waals surface area contributed by atoms with Gasteiger partial charge in [0.25, 0.3) is 5.91 Å². The van der Waals surface area contributed by atoms with E-state index in [-0.39, 0.29) is 17.1 Å². The summed E-state index contributed by atoms with van der Waals surface area (Å²) >= 11 is 2.98. The fourth-order valence-electron chi connectivity index (χ4n) is 1.81. The molecule has 1 amide bonds. The molecule has 1 atom stereocenters. The minimum Gasteiger partial charge on any atom is -0.348 e. The summed E-state index contributed by atoms with van der Waals surface area (Å²) in [6.07, 6.45) is -3.17. The Kier molecular flexibility index (Phi) is 6.01. The maximum Gasteiger partial charge on any atom is 0.417 e. The molecule has 112 valence electrons. The third-order valence-corrected chi connectivity index (χ3v) is 3.28. The van der Waals surface area contributed by atoms with Crippen LogP contribution in [0.1, 0.15) is 35.7 Å². The van der Waals surface area contributed by atoms with Gasteiger partial charge in [0.05, 0.1) is 11.1 Å². The lowest BCUT2D eigenvalue weighted by Crippen LogP contribution is -2.40. The van der Waals surface area contributed by atoms with Gasteiger partial charge in [-0.15, -0.1) is 0 Å². The average Bonchev–Trinajstić information content (AvgIpc) is 2.36. The highest BCUT2D eigenvalue weighted by molar-refractivity contribution is 9.10. The molecule has 0 aliphatic rings. The fourth-order valence-corrected chi connectivity index (χ4v) is 2.17. The molecule has 1 aromatic carbocycles. The van der Waals surface area contributed by atoms with Crippen LogP contribution in [0.5, 0.6) is 0 Å². The minimum absolute atomic E-state index is 0.192. The Morgan fingerprint density at radius 3 is 2.60 bits per heavy atom. The second kappa shape index (κ2) is 7.08. The Hall–Kier alpha value is -1.08. The van der Waals surface area contributed by atoms with E-state index < -0.39 is 23.2 Å². The maximum absolute atomic E-state index is 12.9. The Bertz CT molecular complexity index is 477. The molecule has 0 bridgehead atoms. The predicted molar refractivity (Wildman–Crippen MR) is 74.4 cm³/mol. The Balaban J connectivity index is 3.04. The molecule has 0 heterocycles. The van der Waals surface area contributed by atoms with Crippen LogP contribution in [-0.4, -0.2) is 18.5 Å². The van der Waals surface area contributed by atoms with Crippen molar-refractivity contribution in [3.8, 4) is 0 Å². The maximum atomic E-state index is 12.9. The number of alkyl halides is 3. The number of carbonyl (C=O) groups excluding carboxylic acids is 1. The number of carbonyl (C=O) groups is 1. The molecule has 0 aliphatic carbocycles. The third-order valence-electron chi connectivity index (χ3n) is 2.79. The van der Waals surface area contributed by atoms with Crippen molar-refractivity contribution in [3.05, 3.63) is 33.8 Å². The summed E-state index contributed by atoms with van der Waals surface area (Å²) in [7, 11) is 0. The van der Waals surface area contributed by atoms with Crippen molar-refractivity contribution in [1.82, 2.24) is 5.32 Å². The van der Waals surface area contributed by atoms with Crippen molar-refractivity contribution in [1.29, 1.82) is 0 Å². The van der Waals surface area contributed by atoms with Crippen LogP contribution >= 0.6 is 15.9 Å². The highest BCUT2D eigenvalue weighted by Crippen LogP contribution is 2.33. The summed E-state index contributed by atoms with van der Waals surface area (Å²) in [4.78, 5) is 12.0. The van der Waals surface area contributed by atoms with E-state index in [1.807, 2.05) is 6.92 Å². The van der Waals surface area contributed by atoms with E-state index in [0.717, 1.165) is 18.6 Å². The minimum atomic E-state index is -4.58. The van der Waals surface area contributed by atoms with E-state index >= 15 is 0 Å².